The van der Waals surface area contributed by atoms with Crippen molar-refractivity contribution in [1.82, 2.24) is 15.0 Å². The summed E-state index contributed by atoms with van der Waals surface area (Å²) in [6.07, 6.45) is 1.85. The van der Waals surface area contributed by atoms with Crippen LogP contribution in [0.1, 0.15) is 19.4 Å². The fraction of sp³-hybridized carbons (Fsp3) is 0.423. The van der Waals surface area contributed by atoms with E-state index in [1.165, 1.54) is 11.3 Å². The molecule has 0 bridgehead atoms. The van der Waals surface area contributed by atoms with Crippen molar-refractivity contribution in [2.24, 2.45) is 0 Å². The zero-order chi connectivity index (χ0) is 24.1. The smallest absolute Gasteiger partial charge is 0.229 e. The normalized spacial score (nSPS) is 13.7. The lowest BCUT2D eigenvalue weighted by molar-refractivity contribution is 0.635. The molecule has 2 aromatic heterocycles. The van der Waals surface area contributed by atoms with Crippen molar-refractivity contribution >= 4 is 34.8 Å². The molecule has 1 saturated heterocycles. The van der Waals surface area contributed by atoms with Crippen molar-refractivity contribution in [2.45, 2.75) is 20.8 Å². The van der Waals surface area contributed by atoms with Gasteiger partial charge >= 0.3 is 0 Å². The number of piperazine rings is 1. The fourth-order valence-electron chi connectivity index (χ4n) is 4.24. The number of aromatic nitrogens is 3. The number of nitrogens with one attached hydrogen (secondary N) is 1. The average molecular weight is 461 g/mol. The molecule has 1 fully saturated rings. The largest absolute Gasteiger partial charge is 0.370 e. The van der Waals surface area contributed by atoms with Gasteiger partial charge in [0.25, 0.3) is 0 Å². The van der Waals surface area contributed by atoms with Crippen LogP contribution in [0.4, 0.5) is 34.8 Å². The molecule has 8 nitrogen and oxygen atoms in total. The first-order chi connectivity index (χ1) is 16.5. The van der Waals surface area contributed by atoms with E-state index in [2.05, 4.69) is 70.0 Å². The molecule has 1 aliphatic rings. The number of benzene rings is 1. The van der Waals surface area contributed by atoms with Gasteiger partial charge in [0.2, 0.25) is 5.95 Å². The predicted molar refractivity (Wildman–Crippen MR) is 143 cm³/mol. The molecule has 4 rings (SSSR count). The monoisotopic (exact) mass is 460 g/mol. The number of anilines is 6. The molecule has 0 aliphatic carbocycles. The zero-order valence-corrected chi connectivity index (χ0v) is 21.0. The van der Waals surface area contributed by atoms with Crippen molar-refractivity contribution in [3.8, 4) is 0 Å². The van der Waals surface area contributed by atoms with Crippen molar-refractivity contribution in [3.05, 3.63) is 54.2 Å². The summed E-state index contributed by atoms with van der Waals surface area (Å²) in [4.78, 5) is 23.3. The van der Waals surface area contributed by atoms with Gasteiger partial charge in [-0.15, -0.1) is 0 Å². The van der Waals surface area contributed by atoms with Crippen LogP contribution in [0.3, 0.4) is 0 Å². The summed E-state index contributed by atoms with van der Waals surface area (Å²) >= 11 is 0. The van der Waals surface area contributed by atoms with E-state index < -0.39 is 0 Å². The first-order valence-corrected chi connectivity index (χ1v) is 12.1. The highest BCUT2D eigenvalue weighted by atomic mass is 15.3. The van der Waals surface area contributed by atoms with Crippen molar-refractivity contribution < 1.29 is 0 Å². The molecule has 1 aromatic carbocycles. The first-order valence-electron chi connectivity index (χ1n) is 12.1. The summed E-state index contributed by atoms with van der Waals surface area (Å²) in [5.41, 5.74) is 3.50. The Labute approximate surface area is 203 Å². The molecule has 8 heteroatoms. The number of pyridine rings is 1. The van der Waals surface area contributed by atoms with Gasteiger partial charge < -0.3 is 24.9 Å². The standard InChI is InChI=1S/C26H36N8/c1-6-32(7-2)22-18-20(3)11-12-21(22)28-23-19-25(31(4)5)30-26(29-23)34-16-14-33(15-17-34)24-10-8-9-13-27-24/h8-13,18-19H,6-7,14-17H2,1-5H3,(H,28,29,30). The Morgan fingerprint density at radius 2 is 1.65 bits per heavy atom. The summed E-state index contributed by atoms with van der Waals surface area (Å²) < 4.78 is 0. The zero-order valence-electron chi connectivity index (χ0n) is 21.0. The van der Waals surface area contributed by atoms with Gasteiger partial charge in [-0.05, 0) is 50.6 Å². The Kier molecular flexibility index (Phi) is 7.35. The van der Waals surface area contributed by atoms with Crippen LogP contribution in [-0.2, 0) is 0 Å². The van der Waals surface area contributed by atoms with E-state index in [4.69, 9.17) is 9.97 Å². The van der Waals surface area contributed by atoms with E-state index in [0.29, 0.717) is 0 Å². The van der Waals surface area contributed by atoms with Crippen LogP contribution >= 0.6 is 0 Å². The third-order valence-corrected chi connectivity index (χ3v) is 6.21. The molecule has 1 aliphatic heterocycles. The maximum Gasteiger partial charge on any atom is 0.229 e. The highest BCUT2D eigenvalue weighted by molar-refractivity contribution is 5.76. The van der Waals surface area contributed by atoms with Gasteiger partial charge in [0.15, 0.2) is 0 Å². The second-order valence-electron chi connectivity index (χ2n) is 8.79. The van der Waals surface area contributed by atoms with Gasteiger partial charge in [-0.1, -0.05) is 12.1 Å². The molecule has 3 aromatic rings. The maximum absolute atomic E-state index is 4.93. The van der Waals surface area contributed by atoms with Gasteiger partial charge in [-0.2, -0.15) is 9.97 Å². The minimum absolute atomic E-state index is 0.755. The van der Waals surface area contributed by atoms with Crippen LogP contribution in [-0.4, -0.2) is 68.3 Å². The van der Waals surface area contributed by atoms with Gasteiger partial charge in [0.1, 0.15) is 17.5 Å². The molecule has 0 saturated carbocycles. The number of hydrogen-bond acceptors (Lipinski definition) is 8. The van der Waals surface area contributed by atoms with Crippen molar-refractivity contribution in [3.63, 3.8) is 0 Å². The summed E-state index contributed by atoms with van der Waals surface area (Å²) in [7, 11) is 4.03. The lowest BCUT2D eigenvalue weighted by atomic mass is 10.1. The second kappa shape index (κ2) is 10.6. The summed E-state index contributed by atoms with van der Waals surface area (Å²) in [6.45, 7) is 11.9. The molecule has 0 atom stereocenters. The van der Waals surface area contributed by atoms with E-state index in [0.717, 1.165) is 68.4 Å². The number of hydrogen-bond donors (Lipinski definition) is 1. The van der Waals surface area contributed by atoms with Crippen LogP contribution in [0.2, 0.25) is 0 Å². The van der Waals surface area contributed by atoms with Crippen molar-refractivity contribution in [1.29, 1.82) is 0 Å². The molecular formula is C26H36N8. The molecule has 180 valence electrons. The topological polar surface area (TPSA) is 63.7 Å². The van der Waals surface area contributed by atoms with Crippen LogP contribution in [0.15, 0.2) is 48.7 Å². The molecule has 34 heavy (non-hydrogen) atoms. The quantitative estimate of drug-likeness (QED) is 0.538. The lowest BCUT2D eigenvalue weighted by Crippen LogP contribution is -2.47. The van der Waals surface area contributed by atoms with Gasteiger partial charge in [0, 0.05) is 65.6 Å². The van der Waals surface area contributed by atoms with Crippen LogP contribution in [0.5, 0.6) is 0 Å². The minimum Gasteiger partial charge on any atom is -0.370 e. The summed E-state index contributed by atoms with van der Waals surface area (Å²) in [5, 5.41) is 3.59. The SMILES string of the molecule is CCN(CC)c1cc(C)ccc1Nc1cc(N(C)C)nc(N2CCN(c3ccccn3)CC2)n1. The molecule has 0 spiro atoms. The van der Waals surface area contributed by atoms with Crippen LogP contribution in [0.25, 0.3) is 0 Å². The van der Waals surface area contributed by atoms with E-state index >= 15 is 0 Å². The van der Waals surface area contributed by atoms with E-state index in [1.54, 1.807) is 0 Å². The van der Waals surface area contributed by atoms with Gasteiger partial charge in [-0.25, -0.2) is 4.98 Å². The summed E-state index contributed by atoms with van der Waals surface area (Å²) in [5.74, 6) is 3.47. The highest BCUT2D eigenvalue weighted by Crippen LogP contribution is 2.31. The number of nitrogens with zero attached hydrogens (tertiary/aromatic N) is 7. The van der Waals surface area contributed by atoms with E-state index in [-0.39, 0.29) is 0 Å². The Balaban J connectivity index is 1.58. The Bertz CT molecular complexity index is 1070. The molecular weight excluding hydrogens is 424 g/mol. The third kappa shape index (κ3) is 5.32. The van der Waals surface area contributed by atoms with Crippen LogP contribution in [0, 0.1) is 6.92 Å². The van der Waals surface area contributed by atoms with Gasteiger partial charge in [-0.3, -0.25) is 0 Å². The second-order valence-corrected chi connectivity index (χ2v) is 8.79. The Hall–Kier alpha value is -3.55. The molecule has 0 amide bonds. The molecule has 0 unspecified atom stereocenters. The minimum atomic E-state index is 0.755. The third-order valence-electron chi connectivity index (χ3n) is 6.21. The molecule has 0 radical (unpaired) electrons. The van der Waals surface area contributed by atoms with Crippen LogP contribution < -0.4 is 24.9 Å². The van der Waals surface area contributed by atoms with Crippen molar-refractivity contribution in [2.75, 3.05) is 78.3 Å². The fourth-order valence-corrected chi connectivity index (χ4v) is 4.24. The van der Waals surface area contributed by atoms with Gasteiger partial charge in [0.05, 0.1) is 11.4 Å². The lowest BCUT2D eigenvalue weighted by Gasteiger charge is -2.35. The maximum atomic E-state index is 4.93. The molecule has 1 N–H and O–H groups in total. The highest BCUT2D eigenvalue weighted by Gasteiger charge is 2.21. The average Bonchev–Trinajstić information content (AvgIpc) is 2.87. The first kappa shape index (κ1) is 23.6. The predicted octanol–water partition coefficient (Wildman–Crippen LogP) is 4.16. The molecule has 3 heterocycles. The Morgan fingerprint density at radius 3 is 2.29 bits per heavy atom. The number of rotatable bonds is 8. The Morgan fingerprint density at radius 1 is 0.912 bits per heavy atom. The van der Waals surface area contributed by atoms with E-state index in [1.807, 2.05) is 43.4 Å². The number of aryl methyl sites for hydroxylation is 1. The van der Waals surface area contributed by atoms with E-state index in [9.17, 15) is 0 Å². The summed E-state index contributed by atoms with van der Waals surface area (Å²) in [6, 6.07) is 14.6.